The summed E-state index contributed by atoms with van der Waals surface area (Å²) in [6.45, 7) is 2.39. The number of hydrogen-bond acceptors (Lipinski definition) is 9. The topological polar surface area (TPSA) is 145 Å². The quantitative estimate of drug-likeness (QED) is 0.159. The third kappa shape index (κ3) is 8.56. The van der Waals surface area contributed by atoms with Gasteiger partial charge < -0.3 is 19.7 Å². The van der Waals surface area contributed by atoms with Crippen molar-refractivity contribution in [3.63, 3.8) is 0 Å². The van der Waals surface area contributed by atoms with Gasteiger partial charge in [-0.15, -0.1) is 0 Å². The van der Waals surface area contributed by atoms with Crippen LogP contribution in [0.15, 0.2) is 65.6 Å². The Morgan fingerprint density at radius 1 is 1.04 bits per heavy atom. The van der Waals surface area contributed by atoms with Gasteiger partial charge in [0.05, 0.1) is 25.6 Å². The summed E-state index contributed by atoms with van der Waals surface area (Å²) in [5.74, 6) is 0.133. The largest absolute Gasteiger partial charge is 0.453 e. The van der Waals surface area contributed by atoms with Crippen LogP contribution in [0.25, 0.3) is 11.0 Å². The Labute approximate surface area is 297 Å². The molecule has 266 valence electrons. The van der Waals surface area contributed by atoms with Crippen LogP contribution in [0.2, 0.25) is 5.02 Å². The molecule has 2 N–H and O–H groups in total. The molecule has 2 aromatic carbocycles. The molecule has 4 aromatic rings. The molecule has 0 atom stereocenters. The maximum atomic E-state index is 13.0. The zero-order valence-corrected chi connectivity index (χ0v) is 29.9. The fourth-order valence-electron chi connectivity index (χ4n) is 6.95. The molecular formula is C36H43ClN6O6S. The third-order valence-corrected chi connectivity index (χ3v) is 11.1. The van der Waals surface area contributed by atoms with Gasteiger partial charge in [0.25, 0.3) is 5.56 Å². The van der Waals surface area contributed by atoms with Gasteiger partial charge in [0.1, 0.15) is 10.7 Å². The molecule has 50 heavy (non-hydrogen) atoms. The summed E-state index contributed by atoms with van der Waals surface area (Å²) in [4.78, 5) is 36.4. The van der Waals surface area contributed by atoms with E-state index in [2.05, 4.69) is 20.0 Å². The molecule has 0 unspecified atom stereocenters. The monoisotopic (exact) mass is 722 g/mol. The molecule has 0 radical (unpaired) electrons. The second-order valence-corrected chi connectivity index (χ2v) is 15.3. The summed E-state index contributed by atoms with van der Waals surface area (Å²) in [6, 6.07) is 16.7. The Hall–Kier alpha value is -4.20. The van der Waals surface area contributed by atoms with Crippen LogP contribution >= 0.6 is 11.6 Å². The van der Waals surface area contributed by atoms with Gasteiger partial charge >= 0.3 is 6.09 Å². The maximum absolute atomic E-state index is 13.0. The van der Waals surface area contributed by atoms with Crippen LogP contribution in [0, 0.1) is 6.92 Å². The van der Waals surface area contributed by atoms with E-state index >= 15 is 0 Å². The van der Waals surface area contributed by atoms with E-state index in [0.717, 1.165) is 62.5 Å². The minimum Gasteiger partial charge on any atom is -0.453 e. The first kappa shape index (κ1) is 35.6. The number of carbonyl (C=O) groups excluding carboxylic acids is 1. The lowest BCUT2D eigenvalue weighted by atomic mass is 9.91. The highest BCUT2D eigenvalue weighted by atomic mass is 35.5. The first-order chi connectivity index (χ1) is 24.1. The van der Waals surface area contributed by atoms with E-state index in [-0.39, 0.29) is 47.2 Å². The van der Waals surface area contributed by atoms with Gasteiger partial charge in [0, 0.05) is 41.6 Å². The van der Waals surface area contributed by atoms with Crippen LogP contribution in [0.1, 0.15) is 68.5 Å². The van der Waals surface area contributed by atoms with Crippen molar-refractivity contribution in [3.8, 4) is 0 Å². The molecule has 0 bridgehead atoms. The lowest BCUT2D eigenvalue weighted by Crippen LogP contribution is -2.43. The van der Waals surface area contributed by atoms with Crippen LogP contribution in [0.3, 0.4) is 0 Å². The summed E-state index contributed by atoms with van der Waals surface area (Å²) < 4.78 is 41.3. The van der Waals surface area contributed by atoms with Crippen molar-refractivity contribution in [2.45, 2.75) is 83.0 Å². The van der Waals surface area contributed by atoms with E-state index in [1.165, 1.54) is 7.11 Å². The number of aryl methyl sites for hydroxylation is 1. The number of carbonyl (C=O) groups is 1. The number of halogens is 1. The van der Waals surface area contributed by atoms with Gasteiger partial charge in [-0.2, -0.15) is 4.98 Å². The summed E-state index contributed by atoms with van der Waals surface area (Å²) >= 11 is 6.26. The number of hydrogen-bond donors (Lipinski definition) is 2. The van der Waals surface area contributed by atoms with E-state index in [1.54, 1.807) is 39.9 Å². The molecule has 2 aliphatic rings. The summed E-state index contributed by atoms with van der Waals surface area (Å²) in [5.41, 5.74) is 3.23. The molecule has 6 rings (SSSR count). The molecule has 2 aromatic heterocycles. The Balaban J connectivity index is 1.01. The number of aromatic nitrogens is 3. The Bertz CT molecular complexity index is 1980. The molecule has 0 spiro atoms. The van der Waals surface area contributed by atoms with Crippen LogP contribution in [0.4, 0.5) is 22.1 Å². The highest BCUT2D eigenvalue weighted by molar-refractivity contribution is 7.92. The van der Waals surface area contributed by atoms with Gasteiger partial charge in [-0.25, -0.2) is 18.2 Å². The number of pyridine rings is 1. The average molecular weight is 723 g/mol. The second kappa shape index (κ2) is 15.8. The molecule has 12 nitrogen and oxygen atoms in total. The van der Waals surface area contributed by atoms with Crippen LogP contribution in [-0.2, 0) is 26.0 Å². The van der Waals surface area contributed by atoms with E-state index in [1.807, 2.05) is 37.3 Å². The first-order valence-corrected chi connectivity index (χ1v) is 19.1. The normalized spacial score (nSPS) is 18.2. The number of sulfonamides is 1. The molecule has 14 heteroatoms. The predicted molar refractivity (Wildman–Crippen MR) is 195 cm³/mol. The molecule has 2 fully saturated rings. The maximum Gasteiger partial charge on any atom is 0.410 e. The third-order valence-electron chi connectivity index (χ3n) is 9.56. The van der Waals surface area contributed by atoms with Crippen molar-refractivity contribution in [2.24, 2.45) is 0 Å². The number of benzene rings is 2. The van der Waals surface area contributed by atoms with Crippen molar-refractivity contribution in [2.75, 3.05) is 29.5 Å². The fraction of sp³-hybridized carbons (Fsp3) is 0.444. The van der Waals surface area contributed by atoms with Gasteiger partial charge in [-0.05, 0) is 80.8 Å². The van der Waals surface area contributed by atoms with Crippen molar-refractivity contribution in [1.82, 2.24) is 19.4 Å². The minimum absolute atomic E-state index is 0.0273. The first-order valence-electron chi connectivity index (χ1n) is 17.1. The standard InChI is InChI=1S/C36H43ClN6O6S/c1-24-20-27(12-17-32(24)39-35-38-22-26-21-31(37)34(44)43(33(26)40-35)29-10-6-7-11-29)41-50(46,47)19-18-49-30-15-13-28(14-16-30)42(36(45)48-2)23-25-8-4-3-5-9-25/h3-5,8-9,12,17,20-22,28-30,41H,6-7,10-11,13-16,18-19,23H2,1-2H3,(H,38,39,40). The van der Waals surface area contributed by atoms with Crippen molar-refractivity contribution in [1.29, 1.82) is 0 Å². The van der Waals surface area contributed by atoms with E-state index in [0.29, 0.717) is 34.9 Å². The Morgan fingerprint density at radius 2 is 1.78 bits per heavy atom. The predicted octanol–water partition coefficient (Wildman–Crippen LogP) is 6.95. The van der Waals surface area contributed by atoms with E-state index in [4.69, 9.17) is 21.1 Å². The van der Waals surface area contributed by atoms with Crippen molar-refractivity contribution < 1.29 is 22.7 Å². The second-order valence-electron chi connectivity index (χ2n) is 13.0. The van der Waals surface area contributed by atoms with Gasteiger partial charge in [-0.1, -0.05) is 54.8 Å². The van der Waals surface area contributed by atoms with Crippen LogP contribution < -0.4 is 15.6 Å². The van der Waals surface area contributed by atoms with Crippen LogP contribution in [-0.4, -0.2) is 65.6 Å². The highest BCUT2D eigenvalue weighted by Gasteiger charge is 2.30. The number of nitrogens with one attached hydrogen (secondary N) is 2. The molecule has 2 saturated carbocycles. The SMILES string of the molecule is COC(=O)N(Cc1ccccc1)C1CCC(OCCS(=O)(=O)Nc2ccc(Nc3ncc4cc(Cl)c(=O)n(C5CCCC5)c4n3)c(C)c2)CC1. The highest BCUT2D eigenvalue weighted by Crippen LogP contribution is 2.32. The molecule has 0 saturated heterocycles. The minimum atomic E-state index is -3.67. The van der Waals surface area contributed by atoms with Gasteiger partial charge in [-0.3, -0.25) is 14.1 Å². The molecule has 2 heterocycles. The lowest BCUT2D eigenvalue weighted by Gasteiger charge is -2.36. The Morgan fingerprint density at radius 3 is 2.48 bits per heavy atom. The Kier molecular flexibility index (Phi) is 11.2. The van der Waals surface area contributed by atoms with Crippen molar-refractivity contribution in [3.05, 3.63) is 87.3 Å². The molecule has 2 aliphatic carbocycles. The molecular weight excluding hydrogens is 680 g/mol. The average Bonchev–Trinajstić information content (AvgIpc) is 3.64. The fourth-order valence-corrected chi connectivity index (χ4v) is 8.07. The van der Waals surface area contributed by atoms with Gasteiger partial charge in [0.15, 0.2) is 0 Å². The summed E-state index contributed by atoms with van der Waals surface area (Å²) in [5, 5.41) is 4.05. The number of fused-ring (bicyclic) bond motifs is 1. The lowest BCUT2D eigenvalue weighted by molar-refractivity contribution is 0.0127. The zero-order chi connectivity index (χ0) is 35.3. The molecule has 1 amide bonds. The number of amides is 1. The number of ether oxygens (including phenoxy) is 2. The summed E-state index contributed by atoms with van der Waals surface area (Å²) in [7, 11) is -2.28. The number of methoxy groups -OCH3 is 1. The number of anilines is 3. The smallest absolute Gasteiger partial charge is 0.410 e. The van der Waals surface area contributed by atoms with E-state index < -0.39 is 10.0 Å². The zero-order valence-electron chi connectivity index (χ0n) is 28.3. The van der Waals surface area contributed by atoms with E-state index in [9.17, 15) is 18.0 Å². The number of nitrogens with zero attached hydrogens (tertiary/aromatic N) is 4. The van der Waals surface area contributed by atoms with Gasteiger partial charge in [0.2, 0.25) is 16.0 Å². The molecule has 0 aliphatic heterocycles. The summed E-state index contributed by atoms with van der Waals surface area (Å²) in [6.07, 6.45) is 8.07. The number of rotatable bonds is 12. The van der Waals surface area contributed by atoms with Crippen molar-refractivity contribution >= 4 is 56.1 Å². The van der Waals surface area contributed by atoms with Crippen LogP contribution in [0.5, 0.6) is 0 Å².